The van der Waals surface area contributed by atoms with Crippen LogP contribution in [0.25, 0.3) is 0 Å². The standard InChI is InChI=1S/C11H16N2O2/c1-7(14)8-6-12-10(15-5)13-9(8)11(2,3)4/h6H,1-5H3. The van der Waals surface area contributed by atoms with Gasteiger partial charge in [-0.15, -0.1) is 0 Å². The van der Waals surface area contributed by atoms with Gasteiger partial charge in [-0.2, -0.15) is 4.98 Å². The van der Waals surface area contributed by atoms with E-state index < -0.39 is 0 Å². The van der Waals surface area contributed by atoms with Crippen molar-refractivity contribution in [2.24, 2.45) is 0 Å². The van der Waals surface area contributed by atoms with Crippen molar-refractivity contribution in [1.82, 2.24) is 9.97 Å². The van der Waals surface area contributed by atoms with Gasteiger partial charge in [0.25, 0.3) is 0 Å². The van der Waals surface area contributed by atoms with Crippen molar-refractivity contribution in [3.05, 3.63) is 17.5 Å². The number of hydrogen-bond donors (Lipinski definition) is 0. The summed E-state index contributed by atoms with van der Waals surface area (Å²) in [5.74, 6) is -0.0254. The van der Waals surface area contributed by atoms with Gasteiger partial charge in [-0.1, -0.05) is 20.8 Å². The van der Waals surface area contributed by atoms with Crippen molar-refractivity contribution in [2.75, 3.05) is 7.11 Å². The number of hydrogen-bond acceptors (Lipinski definition) is 4. The van der Waals surface area contributed by atoms with Gasteiger partial charge in [0.2, 0.25) is 0 Å². The maximum atomic E-state index is 11.4. The first-order chi connectivity index (χ1) is 6.86. The molecule has 0 aliphatic rings. The molecule has 1 rings (SSSR count). The molecule has 0 radical (unpaired) electrons. The number of ether oxygens (including phenoxy) is 1. The zero-order valence-corrected chi connectivity index (χ0v) is 9.79. The summed E-state index contributed by atoms with van der Waals surface area (Å²) < 4.78 is 4.95. The van der Waals surface area contributed by atoms with Gasteiger partial charge >= 0.3 is 6.01 Å². The lowest BCUT2D eigenvalue weighted by Gasteiger charge is -2.20. The molecule has 0 saturated carbocycles. The molecule has 82 valence electrons. The minimum Gasteiger partial charge on any atom is -0.467 e. The predicted octanol–water partition coefficient (Wildman–Crippen LogP) is 1.99. The molecule has 0 saturated heterocycles. The molecule has 15 heavy (non-hydrogen) atoms. The van der Waals surface area contributed by atoms with Crippen molar-refractivity contribution in [2.45, 2.75) is 33.1 Å². The Hall–Kier alpha value is -1.45. The van der Waals surface area contributed by atoms with E-state index in [1.54, 1.807) is 0 Å². The number of ketones is 1. The lowest BCUT2D eigenvalue weighted by Crippen LogP contribution is -2.19. The second-order valence-corrected chi connectivity index (χ2v) is 4.43. The Kier molecular flexibility index (Phi) is 3.07. The number of aromatic nitrogens is 2. The molecule has 4 nitrogen and oxygen atoms in total. The molecule has 1 aromatic rings. The van der Waals surface area contributed by atoms with E-state index in [0.717, 1.165) is 5.69 Å². The summed E-state index contributed by atoms with van der Waals surface area (Å²) in [4.78, 5) is 19.6. The van der Waals surface area contributed by atoms with Crippen molar-refractivity contribution in [3.8, 4) is 6.01 Å². The quantitative estimate of drug-likeness (QED) is 0.697. The van der Waals surface area contributed by atoms with Crippen LogP contribution in [0.3, 0.4) is 0 Å². The van der Waals surface area contributed by atoms with E-state index in [2.05, 4.69) is 9.97 Å². The van der Waals surface area contributed by atoms with E-state index in [0.29, 0.717) is 11.6 Å². The maximum absolute atomic E-state index is 11.4. The first-order valence-corrected chi connectivity index (χ1v) is 4.78. The molecule has 0 atom stereocenters. The van der Waals surface area contributed by atoms with Gasteiger partial charge in [-0.05, 0) is 6.92 Å². The van der Waals surface area contributed by atoms with E-state index in [4.69, 9.17) is 4.74 Å². The Morgan fingerprint density at radius 3 is 2.40 bits per heavy atom. The molecule has 4 heteroatoms. The van der Waals surface area contributed by atoms with Crippen LogP contribution in [0.1, 0.15) is 43.7 Å². The highest BCUT2D eigenvalue weighted by Crippen LogP contribution is 2.25. The Morgan fingerprint density at radius 2 is 2.00 bits per heavy atom. The average Bonchev–Trinajstić information content (AvgIpc) is 2.15. The third-order valence-corrected chi connectivity index (χ3v) is 2.04. The molecular weight excluding hydrogens is 192 g/mol. The molecule has 0 N–H and O–H groups in total. The highest BCUT2D eigenvalue weighted by molar-refractivity contribution is 5.95. The third kappa shape index (κ3) is 2.52. The molecule has 0 amide bonds. The van der Waals surface area contributed by atoms with E-state index in [-0.39, 0.29) is 11.2 Å². The normalized spacial score (nSPS) is 11.3. The molecule has 0 aliphatic heterocycles. The van der Waals surface area contributed by atoms with Gasteiger partial charge in [0, 0.05) is 11.6 Å². The second-order valence-electron chi connectivity index (χ2n) is 4.43. The molecule has 0 spiro atoms. The van der Waals surface area contributed by atoms with Gasteiger partial charge in [-0.25, -0.2) is 4.98 Å². The highest BCUT2D eigenvalue weighted by Gasteiger charge is 2.23. The lowest BCUT2D eigenvalue weighted by atomic mass is 9.88. The SMILES string of the molecule is COc1ncc(C(C)=O)c(C(C)(C)C)n1. The maximum Gasteiger partial charge on any atom is 0.316 e. The molecule has 1 aromatic heterocycles. The summed E-state index contributed by atoms with van der Waals surface area (Å²) in [5.41, 5.74) is 1.09. The van der Waals surface area contributed by atoms with Gasteiger partial charge in [0.05, 0.1) is 18.4 Å². The van der Waals surface area contributed by atoms with Gasteiger partial charge in [-0.3, -0.25) is 4.79 Å². The highest BCUT2D eigenvalue weighted by atomic mass is 16.5. The van der Waals surface area contributed by atoms with E-state index in [1.165, 1.54) is 20.2 Å². The number of carbonyl (C=O) groups is 1. The fraction of sp³-hybridized carbons (Fsp3) is 0.545. The Morgan fingerprint density at radius 1 is 1.40 bits per heavy atom. The number of carbonyl (C=O) groups excluding carboxylic acids is 1. The number of methoxy groups -OCH3 is 1. The molecule has 0 bridgehead atoms. The zero-order valence-electron chi connectivity index (χ0n) is 9.79. The summed E-state index contributed by atoms with van der Waals surface area (Å²) in [7, 11) is 1.51. The van der Waals surface area contributed by atoms with Crippen LogP contribution in [0.4, 0.5) is 0 Å². The van der Waals surface area contributed by atoms with E-state index >= 15 is 0 Å². The summed E-state index contributed by atoms with van der Waals surface area (Å²) in [6.07, 6.45) is 1.52. The first-order valence-electron chi connectivity index (χ1n) is 4.78. The third-order valence-electron chi connectivity index (χ3n) is 2.04. The summed E-state index contributed by atoms with van der Waals surface area (Å²) in [6, 6.07) is 0.296. The Bertz CT molecular complexity index is 381. The summed E-state index contributed by atoms with van der Waals surface area (Å²) >= 11 is 0. The van der Waals surface area contributed by atoms with Crippen molar-refractivity contribution in [1.29, 1.82) is 0 Å². The van der Waals surface area contributed by atoms with Crippen LogP contribution < -0.4 is 4.74 Å². The minimum atomic E-state index is -0.197. The van der Waals surface area contributed by atoms with Gasteiger partial charge < -0.3 is 4.74 Å². The van der Waals surface area contributed by atoms with Crippen molar-refractivity contribution < 1.29 is 9.53 Å². The smallest absolute Gasteiger partial charge is 0.316 e. The van der Waals surface area contributed by atoms with Crippen LogP contribution in [-0.4, -0.2) is 22.9 Å². The van der Waals surface area contributed by atoms with Gasteiger partial charge in [0.1, 0.15) is 0 Å². The number of Topliss-reactive ketones (excluding diaryl/α,β-unsaturated/α-hetero) is 1. The average molecular weight is 208 g/mol. The first kappa shape index (κ1) is 11.6. The van der Waals surface area contributed by atoms with Gasteiger partial charge in [0.15, 0.2) is 5.78 Å². The molecule has 0 aliphatic carbocycles. The topological polar surface area (TPSA) is 52.1 Å². The zero-order chi connectivity index (χ0) is 11.6. The molecule has 0 fully saturated rings. The summed E-state index contributed by atoms with van der Waals surface area (Å²) in [5, 5.41) is 0. The second kappa shape index (κ2) is 3.96. The monoisotopic (exact) mass is 208 g/mol. The largest absolute Gasteiger partial charge is 0.467 e. The fourth-order valence-electron chi connectivity index (χ4n) is 1.29. The van der Waals surface area contributed by atoms with Crippen molar-refractivity contribution >= 4 is 5.78 Å². The van der Waals surface area contributed by atoms with Crippen LogP contribution >= 0.6 is 0 Å². The number of rotatable bonds is 2. The predicted molar refractivity (Wildman–Crippen MR) is 57.3 cm³/mol. The number of nitrogens with zero attached hydrogens (tertiary/aromatic N) is 2. The fourth-order valence-corrected chi connectivity index (χ4v) is 1.29. The molecular formula is C11H16N2O2. The van der Waals surface area contributed by atoms with Crippen LogP contribution in [-0.2, 0) is 5.41 Å². The Labute approximate surface area is 89.7 Å². The minimum absolute atomic E-state index is 0.0254. The van der Waals surface area contributed by atoms with Crippen LogP contribution in [0.15, 0.2) is 6.20 Å². The van der Waals surface area contributed by atoms with Crippen LogP contribution in [0, 0.1) is 0 Å². The molecule has 0 aromatic carbocycles. The van der Waals surface area contributed by atoms with Crippen LogP contribution in [0.2, 0.25) is 0 Å². The van der Waals surface area contributed by atoms with Crippen LogP contribution in [0.5, 0.6) is 6.01 Å². The summed E-state index contributed by atoms with van der Waals surface area (Å²) in [6.45, 7) is 7.52. The molecule has 1 heterocycles. The Balaban J connectivity index is 3.36. The lowest BCUT2D eigenvalue weighted by molar-refractivity contribution is 0.101. The van der Waals surface area contributed by atoms with E-state index in [9.17, 15) is 4.79 Å². The van der Waals surface area contributed by atoms with Crippen molar-refractivity contribution in [3.63, 3.8) is 0 Å². The van der Waals surface area contributed by atoms with E-state index in [1.807, 2.05) is 20.8 Å². The molecule has 0 unspecified atom stereocenters.